The van der Waals surface area contributed by atoms with Crippen molar-refractivity contribution in [1.29, 1.82) is 0 Å². The predicted molar refractivity (Wildman–Crippen MR) is 61.5 cm³/mol. The summed E-state index contributed by atoms with van der Waals surface area (Å²) in [6.45, 7) is 1.57. The fraction of sp³-hybridized carbons (Fsp3) is 0.300. The first-order chi connectivity index (χ1) is 8.08. The van der Waals surface area contributed by atoms with E-state index in [1.807, 2.05) is 0 Å². The Labute approximate surface area is 96.0 Å². The van der Waals surface area contributed by atoms with Crippen molar-refractivity contribution >= 4 is 23.0 Å². The van der Waals surface area contributed by atoms with E-state index in [0.29, 0.717) is 17.5 Å². The lowest BCUT2D eigenvalue weighted by Gasteiger charge is -2.00. The van der Waals surface area contributed by atoms with Crippen molar-refractivity contribution in [3.63, 3.8) is 0 Å². The summed E-state index contributed by atoms with van der Waals surface area (Å²) in [6.07, 6.45) is 2.12. The van der Waals surface area contributed by atoms with Gasteiger partial charge in [0.05, 0.1) is 12.0 Å². The van der Waals surface area contributed by atoms with Gasteiger partial charge < -0.3 is 15.5 Å². The number of carbonyl (C=O) groups is 1. The summed E-state index contributed by atoms with van der Waals surface area (Å²) >= 11 is 0. The molecule has 0 aliphatic heterocycles. The molecule has 4 N–H and O–H groups in total. The van der Waals surface area contributed by atoms with E-state index in [1.54, 1.807) is 6.20 Å². The lowest BCUT2D eigenvalue weighted by Crippen LogP contribution is -2.12. The van der Waals surface area contributed by atoms with E-state index in [-0.39, 0.29) is 24.1 Å². The van der Waals surface area contributed by atoms with Gasteiger partial charge in [-0.25, -0.2) is 0 Å². The van der Waals surface area contributed by atoms with Gasteiger partial charge in [0.1, 0.15) is 5.65 Å². The third-order valence-corrected chi connectivity index (χ3v) is 2.32. The van der Waals surface area contributed by atoms with Gasteiger partial charge >= 0.3 is 5.97 Å². The minimum Gasteiger partial charge on any atom is -0.466 e. The highest BCUT2D eigenvalue weighted by atomic mass is 16.5. The molecule has 0 amide bonds. The van der Waals surface area contributed by atoms with Crippen molar-refractivity contribution in [2.75, 3.05) is 12.3 Å². The number of rotatable bonds is 3. The van der Waals surface area contributed by atoms with Crippen LogP contribution < -0.4 is 11.3 Å². The van der Waals surface area contributed by atoms with Gasteiger partial charge in [0, 0.05) is 19.5 Å². The molecule has 2 aromatic heterocycles. The third-order valence-electron chi connectivity index (χ3n) is 2.32. The Morgan fingerprint density at radius 3 is 3.06 bits per heavy atom. The molecule has 2 rings (SSSR count). The van der Waals surface area contributed by atoms with E-state index in [0.717, 1.165) is 5.56 Å². The van der Waals surface area contributed by atoms with Crippen LogP contribution in [-0.2, 0) is 16.0 Å². The Kier molecular flexibility index (Phi) is 2.82. The standard InChI is InChI=1S/C10H12N4O3/c1-5(15)17-3-2-6-4-12-8-7(6)9(16)14-10(11)13-8/h4H,2-3H2,1H3,(H4,11,12,13,14,16). The summed E-state index contributed by atoms with van der Waals surface area (Å²) in [7, 11) is 0. The average molecular weight is 236 g/mol. The van der Waals surface area contributed by atoms with Gasteiger partial charge in [0.2, 0.25) is 5.95 Å². The molecule has 0 fully saturated rings. The first-order valence-electron chi connectivity index (χ1n) is 5.07. The zero-order chi connectivity index (χ0) is 12.4. The number of nitrogens with zero attached hydrogens (tertiary/aromatic N) is 1. The van der Waals surface area contributed by atoms with Crippen molar-refractivity contribution in [2.45, 2.75) is 13.3 Å². The molecule has 0 aliphatic rings. The number of aromatic amines is 2. The smallest absolute Gasteiger partial charge is 0.302 e. The Morgan fingerprint density at radius 2 is 2.35 bits per heavy atom. The van der Waals surface area contributed by atoms with Gasteiger partial charge in [-0.3, -0.25) is 14.6 Å². The summed E-state index contributed by atoms with van der Waals surface area (Å²) in [5, 5.41) is 0.450. The maximum absolute atomic E-state index is 11.7. The molecule has 0 atom stereocenters. The summed E-state index contributed by atoms with van der Waals surface area (Å²) in [5.74, 6) is -0.281. The minimum absolute atomic E-state index is 0.0656. The molecule has 7 nitrogen and oxygen atoms in total. The number of nitrogens with one attached hydrogen (secondary N) is 2. The van der Waals surface area contributed by atoms with Crippen LogP contribution in [0.15, 0.2) is 11.0 Å². The topological polar surface area (TPSA) is 114 Å². The molecule has 0 bridgehead atoms. The van der Waals surface area contributed by atoms with Gasteiger partial charge in [-0.15, -0.1) is 0 Å². The molecule has 0 unspecified atom stereocenters. The minimum atomic E-state index is -0.346. The number of aromatic nitrogens is 3. The maximum atomic E-state index is 11.7. The second-order valence-corrected chi connectivity index (χ2v) is 3.58. The Balaban J connectivity index is 2.30. The highest BCUT2D eigenvalue weighted by Crippen LogP contribution is 2.13. The summed E-state index contributed by atoms with van der Waals surface area (Å²) in [5.41, 5.74) is 6.30. The van der Waals surface area contributed by atoms with E-state index < -0.39 is 0 Å². The first kappa shape index (κ1) is 11.2. The molecular weight excluding hydrogens is 224 g/mol. The number of H-pyrrole nitrogens is 2. The van der Waals surface area contributed by atoms with Gasteiger partial charge in [-0.2, -0.15) is 4.98 Å². The zero-order valence-corrected chi connectivity index (χ0v) is 9.24. The second-order valence-electron chi connectivity index (χ2n) is 3.58. The number of nitrogens with two attached hydrogens (primary N) is 1. The number of ether oxygens (including phenoxy) is 1. The molecule has 0 radical (unpaired) electrons. The zero-order valence-electron chi connectivity index (χ0n) is 9.24. The summed E-state index contributed by atoms with van der Waals surface area (Å²) < 4.78 is 4.82. The molecule has 0 aliphatic carbocycles. The fourth-order valence-corrected chi connectivity index (χ4v) is 1.62. The van der Waals surface area contributed by atoms with Crippen molar-refractivity contribution in [2.24, 2.45) is 0 Å². The van der Waals surface area contributed by atoms with Crippen molar-refractivity contribution < 1.29 is 9.53 Å². The number of nitrogen functional groups attached to an aromatic ring is 1. The molecule has 17 heavy (non-hydrogen) atoms. The maximum Gasteiger partial charge on any atom is 0.302 e. The molecule has 0 spiro atoms. The monoisotopic (exact) mass is 236 g/mol. The number of anilines is 1. The van der Waals surface area contributed by atoms with Crippen molar-refractivity contribution in [1.82, 2.24) is 15.0 Å². The summed E-state index contributed by atoms with van der Waals surface area (Å²) in [4.78, 5) is 31.5. The Hall–Kier alpha value is -2.31. The number of esters is 1. The van der Waals surface area contributed by atoms with E-state index in [4.69, 9.17) is 10.5 Å². The van der Waals surface area contributed by atoms with Gasteiger partial charge in [0.25, 0.3) is 5.56 Å². The van der Waals surface area contributed by atoms with Crippen LogP contribution in [0.3, 0.4) is 0 Å². The van der Waals surface area contributed by atoms with Gasteiger partial charge in [0.15, 0.2) is 0 Å². The molecule has 0 saturated heterocycles. The van der Waals surface area contributed by atoms with Crippen LogP contribution in [0.5, 0.6) is 0 Å². The van der Waals surface area contributed by atoms with Crippen LogP contribution in [0.4, 0.5) is 5.95 Å². The largest absolute Gasteiger partial charge is 0.466 e. The Morgan fingerprint density at radius 1 is 1.59 bits per heavy atom. The Bertz CT molecular complexity index is 614. The van der Waals surface area contributed by atoms with Gasteiger partial charge in [-0.05, 0) is 5.56 Å². The lowest BCUT2D eigenvalue weighted by atomic mass is 10.2. The second kappa shape index (κ2) is 4.28. The van der Waals surface area contributed by atoms with Crippen LogP contribution in [0, 0.1) is 0 Å². The van der Waals surface area contributed by atoms with Crippen LogP contribution >= 0.6 is 0 Å². The summed E-state index contributed by atoms with van der Waals surface area (Å²) in [6, 6.07) is 0. The molecule has 2 heterocycles. The van der Waals surface area contributed by atoms with Gasteiger partial charge in [-0.1, -0.05) is 0 Å². The van der Waals surface area contributed by atoms with Crippen LogP contribution in [0.2, 0.25) is 0 Å². The number of hydrogen-bond donors (Lipinski definition) is 3. The fourth-order valence-electron chi connectivity index (χ4n) is 1.62. The predicted octanol–water partition coefficient (Wildman–Crippen LogP) is -0.0610. The van der Waals surface area contributed by atoms with Crippen molar-refractivity contribution in [3.05, 3.63) is 22.1 Å². The highest BCUT2D eigenvalue weighted by molar-refractivity contribution is 5.79. The molecule has 2 aromatic rings. The normalized spacial score (nSPS) is 10.6. The van der Waals surface area contributed by atoms with Crippen LogP contribution in [0.25, 0.3) is 11.0 Å². The molecule has 0 saturated carbocycles. The number of hydrogen-bond acceptors (Lipinski definition) is 5. The number of fused-ring (bicyclic) bond motifs is 1. The van der Waals surface area contributed by atoms with E-state index in [2.05, 4.69) is 15.0 Å². The third kappa shape index (κ3) is 2.27. The van der Waals surface area contributed by atoms with Crippen LogP contribution in [-0.4, -0.2) is 27.5 Å². The quantitative estimate of drug-likeness (QED) is 0.646. The van der Waals surface area contributed by atoms with Crippen LogP contribution in [0.1, 0.15) is 12.5 Å². The van der Waals surface area contributed by atoms with E-state index in [1.165, 1.54) is 6.92 Å². The lowest BCUT2D eigenvalue weighted by molar-refractivity contribution is -0.140. The molecule has 7 heteroatoms. The first-order valence-corrected chi connectivity index (χ1v) is 5.07. The number of carbonyl (C=O) groups excluding carboxylic acids is 1. The molecule has 90 valence electrons. The van der Waals surface area contributed by atoms with Crippen molar-refractivity contribution in [3.8, 4) is 0 Å². The average Bonchev–Trinajstić information content (AvgIpc) is 2.60. The SMILES string of the molecule is CC(=O)OCCc1c[nH]c2nc(N)[nH]c(=O)c12. The molecular formula is C10H12N4O3. The van der Waals surface area contributed by atoms with E-state index >= 15 is 0 Å². The molecule has 0 aromatic carbocycles. The highest BCUT2D eigenvalue weighted by Gasteiger charge is 2.10. The van der Waals surface area contributed by atoms with E-state index in [9.17, 15) is 9.59 Å².